The van der Waals surface area contributed by atoms with Crippen LogP contribution in [-0.2, 0) is 9.59 Å². The zero-order valence-corrected chi connectivity index (χ0v) is 11.4. The topological polar surface area (TPSA) is 57.6 Å². The Kier molecular flexibility index (Phi) is 3.50. The van der Waals surface area contributed by atoms with E-state index in [1.54, 1.807) is 4.90 Å². The molecule has 1 heterocycles. The number of likely N-dealkylation sites (tertiary alicyclic amines) is 1. The summed E-state index contributed by atoms with van der Waals surface area (Å²) in [5, 5.41) is 9.39. The second-order valence-corrected chi connectivity index (χ2v) is 6.50. The quantitative estimate of drug-likeness (QED) is 0.852. The second-order valence-electron chi connectivity index (χ2n) is 6.50. The van der Waals surface area contributed by atoms with Crippen LogP contribution in [0, 0.1) is 11.8 Å². The molecule has 2 aliphatic carbocycles. The van der Waals surface area contributed by atoms with Crippen molar-refractivity contribution >= 4 is 11.9 Å². The van der Waals surface area contributed by atoms with Crippen molar-refractivity contribution in [3.63, 3.8) is 0 Å². The van der Waals surface area contributed by atoms with Crippen molar-refractivity contribution in [2.24, 2.45) is 11.8 Å². The largest absolute Gasteiger partial charge is 0.480 e. The van der Waals surface area contributed by atoms with Gasteiger partial charge in [0.2, 0.25) is 5.91 Å². The van der Waals surface area contributed by atoms with Crippen molar-refractivity contribution < 1.29 is 14.7 Å². The van der Waals surface area contributed by atoms with Crippen LogP contribution in [0.3, 0.4) is 0 Å². The molecule has 3 atom stereocenters. The van der Waals surface area contributed by atoms with Gasteiger partial charge in [0.25, 0.3) is 0 Å². The predicted octanol–water partition coefficient (Wildman–Crippen LogP) is 2.42. The highest BCUT2D eigenvalue weighted by Crippen LogP contribution is 2.41. The van der Waals surface area contributed by atoms with Crippen molar-refractivity contribution in [1.82, 2.24) is 4.90 Å². The summed E-state index contributed by atoms with van der Waals surface area (Å²) < 4.78 is 0. The zero-order valence-electron chi connectivity index (χ0n) is 11.4. The van der Waals surface area contributed by atoms with E-state index in [2.05, 4.69) is 0 Å². The Balaban J connectivity index is 1.73. The summed E-state index contributed by atoms with van der Waals surface area (Å²) in [4.78, 5) is 25.7. The first-order chi connectivity index (χ1) is 9.16. The van der Waals surface area contributed by atoms with Crippen LogP contribution < -0.4 is 0 Å². The molecule has 106 valence electrons. The first kappa shape index (κ1) is 12.9. The molecule has 1 saturated heterocycles. The summed E-state index contributed by atoms with van der Waals surface area (Å²) in [6.07, 6.45) is 9.21. The van der Waals surface area contributed by atoms with Crippen molar-refractivity contribution in [1.29, 1.82) is 0 Å². The predicted molar refractivity (Wildman–Crippen MR) is 70.6 cm³/mol. The van der Waals surface area contributed by atoms with Crippen molar-refractivity contribution in [2.75, 3.05) is 0 Å². The first-order valence-corrected chi connectivity index (χ1v) is 7.71. The maximum atomic E-state index is 12.5. The Morgan fingerprint density at radius 1 is 1.05 bits per heavy atom. The average molecular weight is 265 g/mol. The monoisotopic (exact) mass is 265 g/mol. The number of hydrogen-bond donors (Lipinski definition) is 1. The molecule has 3 rings (SSSR count). The highest BCUT2D eigenvalue weighted by Gasteiger charge is 2.47. The minimum absolute atomic E-state index is 0.103. The lowest BCUT2D eigenvalue weighted by atomic mass is 9.82. The normalized spacial score (nSPS) is 34.7. The molecule has 0 aromatic carbocycles. The maximum absolute atomic E-state index is 12.5. The van der Waals surface area contributed by atoms with Crippen LogP contribution in [-0.4, -0.2) is 34.0 Å². The van der Waals surface area contributed by atoms with E-state index in [0.29, 0.717) is 24.7 Å². The van der Waals surface area contributed by atoms with E-state index in [1.165, 1.54) is 12.8 Å². The molecule has 4 heteroatoms. The Bertz CT molecular complexity index is 378. The number of carboxylic acid groups (broad SMARTS) is 1. The number of carbonyl (C=O) groups is 2. The molecule has 0 spiro atoms. The zero-order chi connectivity index (χ0) is 13.4. The molecule has 4 nitrogen and oxygen atoms in total. The van der Waals surface area contributed by atoms with Crippen LogP contribution in [0.15, 0.2) is 0 Å². The molecule has 1 N–H and O–H groups in total. The number of carbonyl (C=O) groups excluding carboxylic acids is 1. The Morgan fingerprint density at radius 3 is 2.42 bits per heavy atom. The highest BCUT2D eigenvalue weighted by molar-refractivity contribution is 5.85. The summed E-state index contributed by atoms with van der Waals surface area (Å²) in [7, 11) is 0. The third-order valence-electron chi connectivity index (χ3n) is 5.35. The third-order valence-corrected chi connectivity index (χ3v) is 5.35. The summed E-state index contributed by atoms with van der Waals surface area (Å²) in [6.45, 7) is 0. The molecule has 3 unspecified atom stereocenters. The SMILES string of the molecule is O=C(O)C1CC2CCCCC2N1C(=O)CC1CCC1. The van der Waals surface area contributed by atoms with E-state index in [4.69, 9.17) is 0 Å². The molecule has 3 aliphatic rings. The van der Waals surface area contributed by atoms with E-state index < -0.39 is 12.0 Å². The van der Waals surface area contributed by atoms with Crippen LogP contribution in [0.5, 0.6) is 0 Å². The Hall–Kier alpha value is -1.06. The van der Waals surface area contributed by atoms with Gasteiger partial charge in [0.15, 0.2) is 0 Å². The van der Waals surface area contributed by atoms with Gasteiger partial charge in [0.1, 0.15) is 6.04 Å². The van der Waals surface area contributed by atoms with Crippen molar-refractivity contribution in [2.45, 2.75) is 69.9 Å². The first-order valence-electron chi connectivity index (χ1n) is 7.71. The van der Waals surface area contributed by atoms with Gasteiger partial charge in [-0.3, -0.25) is 4.79 Å². The van der Waals surface area contributed by atoms with Gasteiger partial charge in [-0.1, -0.05) is 19.3 Å². The van der Waals surface area contributed by atoms with Gasteiger partial charge in [-0.2, -0.15) is 0 Å². The van der Waals surface area contributed by atoms with Crippen LogP contribution in [0.4, 0.5) is 0 Å². The summed E-state index contributed by atoms with van der Waals surface area (Å²) >= 11 is 0. The van der Waals surface area contributed by atoms with E-state index in [0.717, 1.165) is 32.1 Å². The standard InChI is InChI=1S/C15H23NO3/c17-14(8-10-4-3-5-10)16-12-7-2-1-6-11(12)9-13(16)15(18)19/h10-13H,1-9H2,(H,18,19). The van der Waals surface area contributed by atoms with Gasteiger partial charge in [0, 0.05) is 12.5 Å². The summed E-state index contributed by atoms with van der Waals surface area (Å²) in [5.74, 6) is 0.243. The van der Waals surface area contributed by atoms with E-state index in [1.807, 2.05) is 0 Å². The molecule has 0 radical (unpaired) electrons. The van der Waals surface area contributed by atoms with Gasteiger partial charge in [-0.25, -0.2) is 4.79 Å². The summed E-state index contributed by atoms with van der Waals surface area (Å²) in [6, 6.07) is -0.344. The fraction of sp³-hybridized carbons (Fsp3) is 0.867. The number of nitrogens with zero attached hydrogens (tertiary/aromatic N) is 1. The van der Waals surface area contributed by atoms with Crippen LogP contribution in [0.2, 0.25) is 0 Å². The van der Waals surface area contributed by atoms with Gasteiger partial charge < -0.3 is 10.0 Å². The fourth-order valence-electron chi connectivity index (χ4n) is 4.09. The maximum Gasteiger partial charge on any atom is 0.326 e. The van der Waals surface area contributed by atoms with Gasteiger partial charge in [-0.15, -0.1) is 0 Å². The lowest BCUT2D eigenvalue weighted by Crippen LogP contribution is -2.47. The van der Waals surface area contributed by atoms with Crippen molar-refractivity contribution in [3.05, 3.63) is 0 Å². The van der Waals surface area contributed by atoms with E-state index >= 15 is 0 Å². The molecular formula is C15H23NO3. The number of aliphatic carboxylic acids is 1. The van der Waals surface area contributed by atoms with E-state index in [9.17, 15) is 14.7 Å². The van der Waals surface area contributed by atoms with Gasteiger partial charge in [0.05, 0.1) is 0 Å². The minimum Gasteiger partial charge on any atom is -0.480 e. The van der Waals surface area contributed by atoms with Gasteiger partial charge in [-0.05, 0) is 43.9 Å². The summed E-state index contributed by atoms with van der Waals surface area (Å²) in [5.41, 5.74) is 0. The smallest absolute Gasteiger partial charge is 0.326 e. The van der Waals surface area contributed by atoms with Crippen LogP contribution >= 0.6 is 0 Å². The number of rotatable bonds is 3. The Morgan fingerprint density at radius 2 is 1.79 bits per heavy atom. The van der Waals surface area contributed by atoms with Crippen molar-refractivity contribution in [3.8, 4) is 0 Å². The number of fused-ring (bicyclic) bond motifs is 1. The lowest BCUT2D eigenvalue weighted by Gasteiger charge is -2.35. The molecular weight excluding hydrogens is 242 g/mol. The fourth-order valence-corrected chi connectivity index (χ4v) is 4.09. The molecule has 0 aromatic rings. The molecule has 0 aromatic heterocycles. The van der Waals surface area contributed by atoms with Crippen LogP contribution in [0.25, 0.3) is 0 Å². The molecule has 0 bridgehead atoms. The number of carboxylic acids is 1. The highest BCUT2D eigenvalue weighted by atomic mass is 16.4. The molecule has 1 aliphatic heterocycles. The molecule has 19 heavy (non-hydrogen) atoms. The second kappa shape index (κ2) is 5.14. The third kappa shape index (κ3) is 2.37. The van der Waals surface area contributed by atoms with Gasteiger partial charge >= 0.3 is 5.97 Å². The Labute approximate surface area is 114 Å². The number of amides is 1. The van der Waals surface area contributed by atoms with Crippen LogP contribution in [0.1, 0.15) is 57.8 Å². The molecule has 1 amide bonds. The van der Waals surface area contributed by atoms with E-state index in [-0.39, 0.29) is 11.9 Å². The number of hydrogen-bond acceptors (Lipinski definition) is 2. The lowest BCUT2D eigenvalue weighted by molar-refractivity contribution is -0.150. The molecule has 2 saturated carbocycles. The molecule has 3 fully saturated rings. The average Bonchev–Trinajstić information content (AvgIpc) is 2.73. The minimum atomic E-state index is -0.809.